The largest absolute Gasteiger partial charge is 0.342 e. The molecule has 2 aliphatic carbocycles. The molecule has 3 heteroatoms. The van der Waals surface area contributed by atoms with Gasteiger partial charge in [-0.15, -0.1) is 0 Å². The summed E-state index contributed by atoms with van der Waals surface area (Å²) in [4.78, 5) is 13.8. The van der Waals surface area contributed by atoms with E-state index in [9.17, 15) is 4.79 Å². The van der Waals surface area contributed by atoms with Gasteiger partial charge in [-0.1, -0.05) is 0 Å². The van der Waals surface area contributed by atoms with Gasteiger partial charge in [-0.05, 0) is 49.9 Å². The highest BCUT2D eigenvalue weighted by Gasteiger charge is 2.53. The molecule has 90 valence electrons. The molecular formula is C13H22N2O. The van der Waals surface area contributed by atoms with Crippen molar-refractivity contribution in [1.29, 1.82) is 0 Å². The average Bonchev–Trinajstić information content (AvgIpc) is 3.18. The quantitative estimate of drug-likeness (QED) is 0.762. The topological polar surface area (TPSA) is 32.3 Å². The molecule has 0 spiro atoms. The number of hydrogen-bond acceptors (Lipinski definition) is 2. The fraction of sp³-hybridized carbons (Fsp3) is 0.923. The second-order valence-corrected chi connectivity index (χ2v) is 5.83. The first-order valence-corrected chi connectivity index (χ1v) is 6.79. The summed E-state index contributed by atoms with van der Waals surface area (Å²) < 4.78 is 0. The Morgan fingerprint density at radius 3 is 2.50 bits per heavy atom. The van der Waals surface area contributed by atoms with Crippen LogP contribution in [0.15, 0.2) is 0 Å². The fourth-order valence-corrected chi connectivity index (χ4v) is 3.08. The van der Waals surface area contributed by atoms with Gasteiger partial charge in [0.25, 0.3) is 0 Å². The summed E-state index contributed by atoms with van der Waals surface area (Å²) in [6.07, 6.45) is 8.03. The van der Waals surface area contributed by atoms with E-state index in [1.54, 1.807) is 0 Å². The third-order valence-corrected chi connectivity index (χ3v) is 4.55. The fourth-order valence-electron chi connectivity index (χ4n) is 3.08. The molecule has 3 aliphatic rings. The van der Waals surface area contributed by atoms with Crippen LogP contribution in [0.4, 0.5) is 0 Å². The number of amides is 1. The molecule has 0 aromatic carbocycles. The van der Waals surface area contributed by atoms with E-state index in [4.69, 9.17) is 0 Å². The van der Waals surface area contributed by atoms with Crippen LogP contribution < -0.4 is 5.32 Å². The molecule has 1 saturated heterocycles. The van der Waals surface area contributed by atoms with Crippen LogP contribution in [0.1, 0.15) is 38.5 Å². The van der Waals surface area contributed by atoms with Gasteiger partial charge in [-0.3, -0.25) is 4.79 Å². The highest BCUT2D eigenvalue weighted by atomic mass is 16.2. The van der Waals surface area contributed by atoms with Crippen LogP contribution in [-0.2, 0) is 4.79 Å². The molecule has 0 radical (unpaired) electrons. The summed E-state index contributed by atoms with van der Waals surface area (Å²) in [7, 11) is 0. The minimum atomic E-state index is 0.309. The second-order valence-electron chi connectivity index (χ2n) is 5.83. The molecule has 3 rings (SSSR count). The van der Waals surface area contributed by atoms with E-state index in [0.717, 1.165) is 25.6 Å². The van der Waals surface area contributed by atoms with E-state index in [-0.39, 0.29) is 0 Å². The van der Waals surface area contributed by atoms with Gasteiger partial charge in [0, 0.05) is 19.6 Å². The Morgan fingerprint density at radius 2 is 1.94 bits per heavy atom. The Hall–Kier alpha value is -0.570. The Morgan fingerprint density at radius 1 is 1.25 bits per heavy atom. The van der Waals surface area contributed by atoms with Crippen LogP contribution in [0.2, 0.25) is 0 Å². The summed E-state index contributed by atoms with van der Waals surface area (Å²) >= 11 is 0. The summed E-state index contributed by atoms with van der Waals surface area (Å²) in [6, 6.07) is 0. The van der Waals surface area contributed by atoms with Gasteiger partial charge in [-0.2, -0.15) is 0 Å². The number of carbonyl (C=O) groups excluding carboxylic acids is 1. The van der Waals surface area contributed by atoms with E-state index in [2.05, 4.69) is 5.32 Å². The van der Waals surface area contributed by atoms with E-state index < -0.39 is 0 Å². The van der Waals surface area contributed by atoms with Crippen molar-refractivity contribution in [2.45, 2.75) is 38.5 Å². The molecule has 3 nitrogen and oxygen atoms in total. The van der Waals surface area contributed by atoms with Crippen molar-refractivity contribution in [3.8, 4) is 0 Å². The van der Waals surface area contributed by atoms with E-state index in [1.807, 2.05) is 4.90 Å². The molecule has 3 fully saturated rings. The molecule has 1 amide bonds. The molecule has 0 atom stereocenters. The lowest BCUT2D eigenvalue weighted by atomic mass is 10.0. The van der Waals surface area contributed by atoms with Crippen LogP contribution in [0.3, 0.4) is 0 Å². The zero-order valence-corrected chi connectivity index (χ0v) is 10.0. The maximum absolute atomic E-state index is 11.8. The lowest BCUT2D eigenvalue weighted by molar-refractivity contribution is -0.129. The van der Waals surface area contributed by atoms with Crippen molar-refractivity contribution in [3.63, 3.8) is 0 Å². The summed E-state index contributed by atoms with van der Waals surface area (Å²) in [6.45, 7) is 3.61. The van der Waals surface area contributed by atoms with Crippen molar-refractivity contribution in [2.24, 2.45) is 11.3 Å². The Balaban J connectivity index is 1.38. The Bertz CT molecular complexity index is 276. The average molecular weight is 222 g/mol. The van der Waals surface area contributed by atoms with E-state index in [0.29, 0.717) is 17.9 Å². The molecule has 0 bridgehead atoms. The van der Waals surface area contributed by atoms with E-state index in [1.165, 1.54) is 38.5 Å². The molecular weight excluding hydrogens is 200 g/mol. The first-order valence-electron chi connectivity index (χ1n) is 6.79. The van der Waals surface area contributed by atoms with Gasteiger partial charge in [0.1, 0.15) is 0 Å². The van der Waals surface area contributed by atoms with Crippen molar-refractivity contribution in [1.82, 2.24) is 10.2 Å². The minimum absolute atomic E-state index is 0.309. The standard InChI is InChI=1S/C13H22N2O/c16-12(15-7-1-2-8-15)9-14-10-13(5-6-13)11-3-4-11/h11,14H,1-10H2. The van der Waals surface area contributed by atoms with Crippen molar-refractivity contribution < 1.29 is 4.79 Å². The maximum Gasteiger partial charge on any atom is 0.236 e. The molecule has 1 N–H and O–H groups in total. The lowest BCUT2D eigenvalue weighted by Gasteiger charge is -2.18. The number of carbonyl (C=O) groups is 1. The molecule has 2 saturated carbocycles. The van der Waals surface area contributed by atoms with Gasteiger partial charge in [0.15, 0.2) is 0 Å². The van der Waals surface area contributed by atoms with Crippen LogP contribution in [0, 0.1) is 11.3 Å². The van der Waals surface area contributed by atoms with E-state index >= 15 is 0 Å². The summed E-state index contributed by atoms with van der Waals surface area (Å²) in [5.41, 5.74) is 0.616. The monoisotopic (exact) mass is 222 g/mol. The zero-order chi connectivity index (χ0) is 11.0. The molecule has 16 heavy (non-hydrogen) atoms. The van der Waals surface area contributed by atoms with Gasteiger partial charge in [-0.25, -0.2) is 0 Å². The van der Waals surface area contributed by atoms with Crippen LogP contribution in [0.25, 0.3) is 0 Å². The third-order valence-electron chi connectivity index (χ3n) is 4.55. The normalized spacial score (nSPS) is 27.1. The Kier molecular flexibility index (Phi) is 2.66. The van der Waals surface area contributed by atoms with Gasteiger partial charge >= 0.3 is 0 Å². The van der Waals surface area contributed by atoms with Gasteiger partial charge in [0.2, 0.25) is 5.91 Å². The summed E-state index contributed by atoms with van der Waals surface area (Å²) in [5, 5.41) is 3.39. The highest BCUT2D eigenvalue weighted by molar-refractivity contribution is 5.78. The lowest BCUT2D eigenvalue weighted by Crippen LogP contribution is -2.38. The third kappa shape index (κ3) is 2.10. The first kappa shape index (κ1) is 10.6. The molecule has 1 heterocycles. The highest BCUT2D eigenvalue weighted by Crippen LogP contribution is 2.60. The number of rotatable bonds is 5. The van der Waals surface area contributed by atoms with Crippen LogP contribution >= 0.6 is 0 Å². The smallest absolute Gasteiger partial charge is 0.236 e. The minimum Gasteiger partial charge on any atom is -0.342 e. The molecule has 0 aromatic rings. The predicted octanol–water partition coefficient (Wildman–Crippen LogP) is 1.39. The SMILES string of the molecule is O=C(CNCC1(C2CC2)CC1)N1CCCC1. The first-order chi connectivity index (χ1) is 7.80. The number of hydrogen-bond donors (Lipinski definition) is 1. The summed E-state index contributed by atoms with van der Waals surface area (Å²) in [5.74, 6) is 1.30. The van der Waals surface area contributed by atoms with Crippen molar-refractivity contribution >= 4 is 5.91 Å². The molecule has 0 aromatic heterocycles. The zero-order valence-electron chi connectivity index (χ0n) is 10.0. The number of nitrogens with zero attached hydrogens (tertiary/aromatic N) is 1. The van der Waals surface area contributed by atoms with Crippen LogP contribution in [-0.4, -0.2) is 37.0 Å². The van der Waals surface area contributed by atoms with Crippen molar-refractivity contribution in [2.75, 3.05) is 26.2 Å². The number of nitrogens with one attached hydrogen (secondary N) is 1. The number of likely N-dealkylation sites (tertiary alicyclic amines) is 1. The van der Waals surface area contributed by atoms with Crippen molar-refractivity contribution in [3.05, 3.63) is 0 Å². The maximum atomic E-state index is 11.8. The molecule has 1 aliphatic heterocycles. The van der Waals surface area contributed by atoms with Gasteiger partial charge < -0.3 is 10.2 Å². The Labute approximate surface area is 97.6 Å². The second kappa shape index (κ2) is 4.02. The van der Waals surface area contributed by atoms with Gasteiger partial charge in [0.05, 0.1) is 6.54 Å². The molecule has 0 unspecified atom stereocenters. The predicted molar refractivity (Wildman–Crippen MR) is 63.1 cm³/mol. The van der Waals surface area contributed by atoms with Crippen LogP contribution in [0.5, 0.6) is 0 Å².